The summed E-state index contributed by atoms with van der Waals surface area (Å²) in [6, 6.07) is 13.3. The fourth-order valence-corrected chi connectivity index (χ4v) is 6.84. The molecule has 0 spiro atoms. The van der Waals surface area contributed by atoms with E-state index in [0.717, 1.165) is 66.7 Å². The van der Waals surface area contributed by atoms with Gasteiger partial charge < -0.3 is 35.5 Å². The molecule has 5 amide bonds. The molecule has 3 heterocycles. The summed E-state index contributed by atoms with van der Waals surface area (Å²) < 4.78 is 5.54. The van der Waals surface area contributed by atoms with Crippen LogP contribution >= 0.6 is 0 Å². The highest BCUT2D eigenvalue weighted by Gasteiger charge is 2.38. The highest BCUT2D eigenvalue weighted by Crippen LogP contribution is 2.34. The molecule has 7 rings (SSSR count). The minimum Gasteiger partial charge on any atom is -0.377 e. The minimum atomic E-state index is -0.804. The van der Waals surface area contributed by atoms with Crippen LogP contribution < -0.4 is 16.0 Å². The molecular formula is C38H45N7O6. The van der Waals surface area contributed by atoms with E-state index in [1.807, 2.05) is 53.4 Å². The predicted molar refractivity (Wildman–Crippen MR) is 189 cm³/mol. The van der Waals surface area contributed by atoms with Crippen molar-refractivity contribution in [2.45, 2.75) is 76.5 Å². The second kappa shape index (κ2) is 14.7. The molecule has 268 valence electrons. The number of hydrogen-bond donors (Lipinski definition) is 4. The number of imidazole rings is 1. The number of rotatable bonds is 11. The molecular weight excluding hydrogens is 650 g/mol. The number of aromatic nitrogens is 2. The molecule has 51 heavy (non-hydrogen) atoms. The standard InChI is InChI=1S/C38H45N7O6/c1-22(40-34(46)27-9-10-27)37(49)44-17-3-4-31(44)33-39-20-30(43-33)26-7-5-24(6-8-26)25-13-15-29(16-14-25)42-36(48)32-21-51-19-18-45(32)38(50)23(2)41-35(47)28-11-12-28/h5-8,13-16,20,22-23,27-28,31-32H,3-4,9-12,17-19,21H2,1-2H3,(H,39,43)(H,40,46)(H,41,47)(H,42,48). The Morgan fingerprint density at radius 3 is 1.92 bits per heavy atom. The minimum absolute atomic E-state index is 0.00857. The smallest absolute Gasteiger partial charge is 0.249 e. The average Bonchev–Trinajstić information content (AvgIpc) is 4.08. The van der Waals surface area contributed by atoms with Crippen LogP contribution in [0.15, 0.2) is 54.7 Å². The molecule has 4 aliphatic rings. The van der Waals surface area contributed by atoms with Gasteiger partial charge in [0.15, 0.2) is 0 Å². The zero-order chi connectivity index (χ0) is 35.6. The average molecular weight is 696 g/mol. The number of carbonyl (C=O) groups is 5. The summed E-state index contributed by atoms with van der Waals surface area (Å²) in [4.78, 5) is 75.5. The predicted octanol–water partition coefficient (Wildman–Crippen LogP) is 3.40. The fourth-order valence-electron chi connectivity index (χ4n) is 6.84. The zero-order valence-electron chi connectivity index (χ0n) is 29.0. The number of ether oxygens (including phenoxy) is 1. The molecule has 4 fully saturated rings. The summed E-state index contributed by atoms with van der Waals surface area (Å²) in [6.07, 6.45) is 6.96. The first-order chi connectivity index (χ1) is 24.7. The van der Waals surface area contributed by atoms with E-state index in [1.54, 1.807) is 20.0 Å². The van der Waals surface area contributed by atoms with Gasteiger partial charge in [-0.15, -0.1) is 0 Å². The first-order valence-electron chi connectivity index (χ1n) is 18.0. The molecule has 0 bridgehead atoms. The van der Waals surface area contributed by atoms with Gasteiger partial charge in [0.25, 0.3) is 0 Å². The SMILES string of the molecule is CC(NC(=O)C1CC1)C(=O)N1CCOCC1C(=O)Nc1ccc(-c2ccc(-c3cnc(C4CCCN4C(=O)C(C)NC(=O)C4CC4)[nH]3)cc2)cc1. The van der Waals surface area contributed by atoms with Gasteiger partial charge in [-0.2, -0.15) is 0 Å². The number of H-pyrrole nitrogens is 1. The molecule has 13 heteroatoms. The second-order valence-electron chi connectivity index (χ2n) is 14.1. The van der Waals surface area contributed by atoms with Gasteiger partial charge in [0.05, 0.1) is 31.1 Å². The molecule has 4 N–H and O–H groups in total. The van der Waals surface area contributed by atoms with Gasteiger partial charge in [-0.1, -0.05) is 36.4 Å². The number of nitrogens with zero attached hydrogens (tertiary/aromatic N) is 3. The van der Waals surface area contributed by atoms with Crippen molar-refractivity contribution in [1.82, 2.24) is 30.4 Å². The Morgan fingerprint density at radius 2 is 1.31 bits per heavy atom. The molecule has 2 aromatic carbocycles. The first kappa shape index (κ1) is 34.4. The van der Waals surface area contributed by atoms with E-state index in [1.165, 1.54) is 4.90 Å². The van der Waals surface area contributed by atoms with Crippen molar-refractivity contribution in [1.29, 1.82) is 0 Å². The molecule has 2 aliphatic carbocycles. The van der Waals surface area contributed by atoms with Crippen LogP contribution in [0.5, 0.6) is 0 Å². The summed E-state index contributed by atoms with van der Waals surface area (Å²) in [5.41, 5.74) is 4.36. The topological polar surface area (TPSA) is 166 Å². The van der Waals surface area contributed by atoms with Crippen molar-refractivity contribution < 1.29 is 28.7 Å². The van der Waals surface area contributed by atoms with Crippen molar-refractivity contribution in [3.8, 4) is 22.4 Å². The van der Waals surface area contributed by atoms with E-state index in [2.05, 4.69) is 25.9 Å². The Balaban J connectivity index is 0.948. The van der Waals surface area contributed by atoms with E-state index in [4.69, 9.17) is 4.74 Å². The van der Waals surface area contributed by atoms with E-state index in [-0.39, 0.29) is 60.6 Å². The monoisotopic (exact) mass is 695 g/mol. The Labute approximate surface area is 296 Å². The maximum atomic E-state index is 13.3. The number of anilines is 1. The molecule has 4 atom stereocenters. The third-order valence-electron chi connectivity index (χ3n) is 10.2. The number of likely N-dealkylation sites (tertiary alicyclic amines) is 1. The summed E-state index contributed by atoms with van der Waals surface area (Å²) in [5, 5.41) is 8.57. The number of morpholine rings is 1. The molecule has 2 saturated carbocycles. The van der Waals surface area contributed by atoms with Crippen LogP contribution in [-0.4, -0.2) is 93.7 Å². The Kier molecular flexibility index (Phi) is 9.90. The largest absolute Gasteiger partial charge is 0.377 e. The molecule has 3 aromatic rings. The van der Waals surface area contributed by atoms with Crippen molar-refractivity contribution in [3.63, 3.8) is 0 Å². The normalized spacial score (nSPS) is 21.5. The summed E-state index contributed by atoms with van der Waals surface area (Å²) in [7, 11) is 0. The highest BCUT2D eigenvalue weighted by atomic mass is 16.5. The summed E-state index contributed by atoms with van der Waals surface area (Å²) in [5.74, 6) is -0.0950. The van der Waals surface area contributed by atoms with Crippen molar-refractivity contribution in [2.24, 2.45) is 11.8 Å². The highest BCUT2D eigenvalue weighted by molar-refractivity contribution is 5.99. The molecule has 2 saturated heterocycles. The van der Waals surface area contributed by atoms with Gasteiger partial charge in [0.2, 0.25) is 29.5 Å². The van der Waals surface area contributed by atoms with Crippen LogP contribution in [0.1, 0.15) is 64.2 Å². The number of aromatic amines is 1. The summed E-state index contributed by atoms with van der Waals surface area (Å²) in [6.45, 7) is 4.72. The summed E-state index contributed by atoms with van der Waals surface area (Å²) >= 11 is 0. The molecule has 2 aliphatic heterocycles. The van der Waals surface area contributed by atoms with Crippen LogP contribution in [-0.2, 0) is 28.7 Å². The maximum Gasteiger partial charge on any atom is 0.249 e. The number of benzene rings is 2. The second-order valence-corrected chi connectivity index (χ2v) is 14.1. The lowest BCUT2D eigenvalue weighted by Gasteiger charge is -2.36. The van der Waals surface area contributed by atoms with Gasteiger partial charge in [-0.05, 0) is 81.2 Å². The van der Waals surface area contributed by atoms with Crippen LogP contribution in [0.2, 0.25) is 0 Å². The van der Waals surface area contributed by atoms with Gasteiger partial charge in [0.1, 0.15) is 23.9 Å². The van der Waals surface area contributed by atoms with Gasteiger partial charge in [-0.3, -0.25) is 24.0 Å². The third kappa shape index (κ3) is 7.83. The Morgan fingerprint density at radius 1 is 0.745 bits per heavy atom. The van der Waals surface area contributed by atoms with Crippen LogP contribution in [0.25, 0.3) is 22.4 Å². The quantitative estimate of drug-likeness (QED) is 0.239. The van der Waals surface area contributed by atoms with Crippen LogP contribution in [0, 0.1) is 11.8 Å². The molecule has 0 radical (unpaired) electrons. The van der Waals surface area contributed by atoms with Crippen molar-refractivity contribution >= 4 is 35.2 Å². The van der Waals surface area contributed by atoms with Crippen molar-refractivity contribution in [2.75, 3.05) is 31.6 Å². The Hall–Kier alpha value is -5.04. The van der Waals surface area contributed by atoms with Crippen LogP contribution in [0.4, 0.5) is 5.69 Å². The molecule has 13 nitrogen and oxygen atoms in total. The molecule has 1 aromatic heterocycles. The molecule has 4 unspecified atom stereocenters. The van der Waals surface area contributed by atoms with Crippen LogP contribution in [0.3, 0.4) is 0 Å². The lowest BCUT2D eigenvalue weighted by Crippen LogP contribution is -2.58. The van der Waals surface area contributed by atoms with Gasteiger partial charge >= 0.3 is 0 Å². The maximum absolute atomic E-state index is 13.3. The van der Waals surface area contributed by atoms with Crippen molar-refractivity contribution in [3.05, 3.63) is 60.6 Å². The third-order valence-corrected chi connectivity index (χ3v) is 10.2. The lowest BCUT2D eigenvalue weighted by molar-refractivity contribution is -0.148. The van der Waals surface area contributed by atoms with E-state index < -0.39 is 18.1 Å². The van der Waals surface area contributed by atoms with Gasteiger partial charge in [-0.25, -0.2) is 4.98 Å². The van der Waals surface area contributed by atoms with E-state index in [9.17, 15) is 24.0 Å². The number of nitrogens with one attached hydrogen (secondary N) is 4. The number of hydrogen-bond acceptors (Lipinski definition) is 7. The van der Waals surface area contributed by atoms with E-state index >= 15 is 0 Å². The lowest BCUT2D eigenvalue weighted by atomic mass is 10.0. The van der Waals surface area contributed by atoms with E-state index in [0.29, 0.717) is 18.8 Å². The number of carbonyl (C=O) groups excluding carboxylic acids is 5. The van der Waals surface area contributed by atoms with Gasteiger partial charge in [0, 0.05) is 30.6 Å². The zero-order valence-corrected chi connectivity index (χ0v) is 29.0. The fraction of sp³-hybridized carbons (Fsp3) is 0.474. The Bertz CT molecular complexity index is 1780. The first-order valence-corrected chi connectivity index (χ1v) is 18.0. The number of amides is 5.